The molecule has 0 radical (unpaired) electrons. The molecule has 0 saturated heterocycles. The van der Waals surface area contributed by atoms with Crippen LogP contribution in [0.1, 0.15) is 28.8 Å². The number of hydrogen-bond acceptors (Lipinski definition) is 3. The number of fused-ring (bicyclic) bond motifs is 1. The number of benzene rings is 3. The van der Waals surface area contributed by atoms with E-state index in [1.807, 2.05) is 61.5 Å². The van der Waals surface area contributed by atoms with E-state index in [2.05, 4.69) is 31.9 Å². The minimum atomic E-state index is -0.220. The number of halogens is 1. The minimum absolute atomic E-state index is 0.145. The van der Waals surface area contributed by atoms with Gasteiger partial charge >= 0.3 is 0 Å². The summed E-state index contributed by atoms with van der Waals surface area (Å²) in [6.07, 6.45) is 0.312. The highest BCUT2D eigenvalue weighted by Gasteiger charge is 2.09. The van der Waals surface area contributed by atoms with Crippen molar-refractivity contribution < 1.29 is 14.4 Å². The van der Waals surface area contributed by atoms with Gasteiger partial charge in [-0.2, -0.15) is 0 Å². The fourth-order valence-electron chi connectivity index (χ4n) is 3.07. The van der Waals surface area contributed by atoms with Crippen LogP contribution in [-0.2, 0) is 9.59 Å². The second-order valence-electron chi connectivity index (χ2n) is 7.18. The molecule has 0 aliphatic heterocycles. The van der Waals surface area contributed by atoms with E-state index in [1.165, 1.54) is 0 Å². The molecule has 0 aliphatic carbocycles. The maximum atomic E-state index is 12.3. The molecule has 0 fully saturated rings. The first-order valence-corrected chi connectivity index (χ1v) is 10.8. The van der Waals surface area contributed by atoms with Crippen molar-refractivity contribution in [2.24, 2.45) is 0 Å². The number of nitrogens with one attached hydrogen (secondary N) is 3. The number of carbonyl (C=O) groups is 3. The molecule has 3 rings (SSSR count). The summed E-state index contributed by atoms with van der Waals surface area (Å²) in [7, 11) is 0. The average Bonchev–Trinajstić information content (AvgIpc) is 2.76. The Morgan fingerprint density at radius 3 is 2.32 bits per heavy atom. The molecule has 3 aromatic carbocycles. The first-order chi connectivity index (χ1) is 14.9. The fraction of sp³-hybridized carbons (Fsp3) is 0.208. The Bertz CT molecular complexity index is 1110. The Hall–Kier alpha value is -3.19. The smallest absolute Gasteiger partial charge is 0.251 e. The van der Waals surface area contributed by atoms with Crippen molar-refractivity contribution >= 4 is 50.1 Å². The van der Waals surface area contributed by atoms with Crippen molar-refractivity contribution in [1.82, 2.24) is 10.6 Å². The zero-order valence-corrected chi connectivity index (χ0v) is 18.8. The third-order valence-corrected chi connectivity index (χ3v) is 5.29. The minimum Gasteiger partial charge on any atom is -0.356 e. The summed E-state index contributed by atoms with van der Waals surface area (Å²) in [6.45, 7) is 2.37. The van der Waals surface area contributed by atoms with Crippen LogP contribution >= 0.6 is 15.9 Å². The number of anilines is 1. The van der Waals surface area contributed by atoms with Crippen LogP contribution in [-0.4, -0.2) is 30.8 Å². The summed E-state index contributed by atoms with van der Waals surface area (Å²) < 4.78 is 0.882. The summed E-state index contributed by atoms with van der Waals surface area (Å²) >= 11 is 3.38. The van der Waals surface area contributed by atoms with Crippen molar-refractivity contribution in [1.29, 1.82) is 0 Å². The van der Waals surface area contributed by atoms with Gasteiger partial charge < -0.3 is 16.0 Å². The molecule has 160 valence electrons. The second-order valence-corrected chi connectivity index (χ2v) is 8.09. The van der Waals surface area contributed by atoms with Crippen LogP contribution in [0.25, 0.3) is 10.8 Å². The van der Waals surface area contributed by atoms with Crippen molar-refractivity contribution in [2.45, 2.75) is 19.8 Å². The summed E-state index contributed by atoms with van der Waals surface area (Å²) in [5, 5.41) is 10.4. The highest BCUT2D eigenvalue weighted by molar-refractivity contribution is 9.10. The summed E-state index contributed by atoms with van der Waals surface area (Å²) in [5.74, 6) is -0.612. The first kappa shape index (κ1) is 22.5. The standard InChI is InChI=1S/C24H24BrN3O3/c1-16-6-9-20(25)15-21(16)28-23(30)11-12-26-22(29)10-13-27-24(31)19-8-7-17-4-2-3-5-18(17)14-19/h2-9,14-15H,10-13H2,1H3,(H,26,29)(H,27,31)(H,28,30). The SMILES string of the molecule is Cc1ccc(Br)cc1NC(=O)CCNC(=O)CCNC(=O)c1ccc2ccccc2c1. The van der Waals surface area contributed by atoms with Gasteiger partial charge in [0.15, 0.2) is 0 Å². The van der Waals surface area contributed by atoms with Gasteiger partial charge in [-0.1, -0.05) is 52.3 Å². The normalized spacial score (nSPS) is 10.5. The molecule has 0 heterocycles. The molecule has 7 heteroatoms. The second kappa shape index (κ2) is 10.7. The molecule has 0 bridgehead atoms. The summed E-state index contributed by atoms with van der Waals surface area (Å²) in [6, 6.07) is 19.0. The molecule has 0 saturated carbocycles. The highest BCUT2D eigenvalue weighted by Crippen LogP contribution is 2.20. The molecule has 3 aromatic rings. The number of carbonyl (C=O) groups excluding carboxylic acids is 3. The number of hydrogen-bond donors (Lipinski definition) is 3. The topological polar surface area (TPSA) is 87.3 Å². The molecule has 0 spiro atoms. The third-order valence-electron chi connectivity index (χ3n) is 4.80. The van der Waals surface area contributed by atoms with Gasteiger partial charge in [0.1, 0.15) is 0 Å². The Labute approximate surface area is 189 Å². The molecular formula is C24H24BrN3O3. The third kappa shape index (κ3) is 6.65. The van der Waals surface area contributed by atoms with Gasteiger partial charge in [-0.25, -0.2) is 0 Å². The zero-order chi connectivity index (χ0) is 22.2. The van der Waals surface area contributed by atoms with Gasteiger partial charge in [0.25, 0.3) is 5.91 Å². The fourth-order valence-corrected chi connectivity index (χ4v) is 3.43. The van der Waals surface area contributed by atoms with E-state index >= 15 is 0 Å². The van der Waals surface area contributed by atoms with Crippen molar-refractivity contribution in [3.8, 4) is 0 Å². The van der Waals surface area contributed by atoms with E-state index in [9.17, 15) is 14.4 Å². The van der Waals surface area contributed by atoms with Gasteiger partial charge in [0.2, 0.25) is 11.8 Å². The van der Waals surface area contributed by atoms with Crippen molar-refractivity contribution in [3.05, 3.63) is 76.3 Å². The lowest BCUT2D eigenvalue weighted by Gasteiger charge is -2.10. The van der Waals surface area contributed by atoms with E-state index in [1.54, 1.807) is 6.07 Å². The predicted octanol–water partition coefficient (Wildman–Crippen LogP) is 4.18. The largest absolute Gasteiger partial charge is 0.356 e. The van der Waals surface area contributed by atoms with E-state index in [4.69, 9.17) is 0 Å². The van der Waals surface area contributed by atoms with Crippen LogP contribution in [0.4, 0.5) is 5.69 Å². The Balaban J connectivity index is 1.36. The van der Waals surface area contributed by atoms with Crippen LogP contribution in [0.3, 0.4) is 0 Å². The lowest BCUT2D eigenvalue weighted by atomic mass is 10.1. The molecule has 0 aromatic heterocycles. The number of rotatable bonds is 8. The number of amides is 3. The van der Waals surface area contributed by atoms with Crippen LogP contribution < -0.4 is 16.0 Å². The molecule has 0 atom stereocenters. The van der Waals surface area contributed by atoms with E-state index in [0.717, 1.165) is 26.5 Å². The Morgan fingerprint density at radius 2 is 1.52 bits per heavy atom. The molecule has 0 unspecified atom stereocenters. The Morgan fingerprint density at radius 1 is 0.806 bits per heavy atom. The van der Waals surface area contributed by atoms with Crippen molar-refractivity contribution in [3.63, 3.8) is 0 Å². The van der Waals surface area contributed by atoms with Gasteiger partial charge in [0.05, 0.1) is 0 Å². The average molecular weight is 482 g/mol. The molecule has 3 amide bonds. The van der Waals surface area contributed by atoms with Gasteiger partial charge in [-0.15, -0.1) is 0 Å². The number of aryl methyl sites for hydroxylation is 1. The lowest BCUT2D eigenvalue weighted by Crippen LogP contribution is -2.32. The monoisotopic (exact) mass is 481 g/mol. The quantitative estimate of drug-likeness (QED) is 0.450. The lowest BCUT2D eigenvalue weighted by molar-refractivity contribution is -0.121. The van der Waals surface area contributed by atoms with E-state index < -0.39 is 0 Å². The van der Waals surface area contributed by atoms with Gasteiger partial charge in [0, 0.05) is 41.7 Å². The van der Waals surface area contributed by atoms with Crippen molar-refractivity contribution in [2.75, 3.05) is 18.4 Å². The predicted molar refractivity (Wildman–Crippen MR) is 126 cm³/mol. The zero-order valence-electron chi connectivity index (χ0n) is 17.2. The van der Waals surface area contributed by atoms with Crippen LogP contribution in [0.2, 0.25) is 0 Å². The maximum Gasteiger partial charge on any atom is 0.251 e. The molecule has 31 heavy (non-hydrogen) atoms. The van der Waals surface area contributed by atoms with Crippen LogP contribution in [0.15, 0.2) is 65.1 Å². The molecule has 0 aliphatic rings. The summed E-state index contributed by atoms with van der Waals surface area (Å²) in [5.41, 5.74) is 2.25. The van der Waals surface area contributed by atoms with Crippen LogP contribution in [0, 0.1) is 6.92 Å². The molecule has 6 nitrogen and oxygen atoms in total. The van der Waals surface area contributed by atoms with Crippen LogP contribution in [0.5, 0.6) is 0 Å². The van der Waals surface area contributed by atoms with Gasteiger partial charge in [-0.05, 0) is 47.5 Å². The first-order valence-electron chi connectivity index (χ1n) is 10.0. The molecule has 3 N–H and O–H groups in total. The highest BCUT2D eigenvalue weighted by atomic mass is 79.9. The van der Waals surface area contributed by atoms with Gasteiger partial charge in [-0.3, -0.25) is 14.4 Å². The Kier molecular flexibility index (Phi) is 7.78. The van der Waals surface area contributed by atoms with E-state index in [-0.39, 0.29) is 43.7 Å². The summed E-state index contributed by atoms with van der Waals surface area (Å²) in [4.78, 5) is 36.3. The van der Waals surface area contributed by atoms with E-state index in [0.29, 0.717) is 5.56 Å². The maximum absolute atomic E-state index is 12.3. The molecular weight excluding hydrogens is 458 g/mol.